The van der Waals surface area contributed by atoms with Crippen LogP contribution in [0.15, 0.2) is 22.7 Å². The predicted molar refractivity (Wildman–Crippen MR) is 84.0 cm³/mol. The van der Waals surface area contributed by atoms with Gasteiger partial charge in [-0.1, -0.05) is 28.1 Å². The van der Waals surface area contributed by atoms with Crippen molar-refractivity contribution < 1.29 is 0 Å². The van der Waals surface area contributed by atoms with Crippen molar-refractivity contribution >= 4 is 15.9 Å². The molecule has 0 radical (unpaired) electrons. The third-order valence-electron chi connectivity index (χ3n) is 3.85. The number of hydrogen-bond acceptors (Lipinski definition) is 3. The molecular formula is C15H24BrN3. The maximum Gasteiger partial charge on any atom is 0.0242 e. The van der Waals surface area contributed by atoms with E-state index in [9.17, 15) is 0 Å². The van der Waals surface area contributed by atoms with E-state index in [0.29, 0.717) is 6.54 Å². The molecule has 1 heterocycles. The van der Waals surface area contributed by atoms with E-state index < -0.39 is 0 Å². The Morgan fingerprint density at radius 1 is 1.47 bits per heavy atom. The van der Waals surface area contributed by atoms with Crippen molar-refractivity contribution in [2.24, 2.45) is 11.7 Å². The van der Waals surface area contributed by atoms with Crippen LogP contribution in [0, 0.1) is 5.92 Å². The van der Waals surface area contributed by atoms with Gasteiger partial charge in [-0.25, -0.2) is 0 Å². The summed E-state index contributed by atoms with van der Waals surface area (Å²) < 4.78 is 1.17. The van der Waals surface area contributed by atoms with Gasteiger partial charge in [-0.3, -0.25) is 0 Å². The van der Waals surface area contributed by atoms with Gasteiger partial charge in [-0.15, -0.1) is 0 Å². The third-order valence-corrected chi connectivity index (χ3v) is 4.59. The Hall–Kier alpha value is -0.420. The Balaban J connectivity index is 1.89. The summed E-state index contributed by atoms with van der Waals surface area (Å²) in [5.41, 5.74) is 8.17. The first kappa shape index (κ1) is 15.0. The number of hydrogen-bond donors (Lipinski definition) is 1. The summed E-state index contributed by atoms with van der Waals surface area (Å²) in [6.07, 6.45) is 1.33. The first-order chi connectivity index (χ1) is 9.08. The smallest absolute Gasteiger partial charge is 0.0242 e. The molecule has 2 N–H and O–H groups in total. The van der Waals surface area contributed by atoms with Crippen LogP contribution in [0.5, 0.6) is 0 Å². The molecule has 0 aliphatic carbocycles. The molecule has 1 aliphatic heterocycles. The van der Waals surface area contributed by atoms with E-state index >= 15 is 0 Å². The molecule has 1 saturated heterocycles. The van der Waals surface area contributed by atoms with Crippen molar-refractivity contribution in [2.75, 3.05) is 33.7 Å². The Morgan fingerprint density at radius 2 is 2.26 bits per heavy atom. The number of halogens is 1. The van der Waals surface area contributed by atoms with Crippen LogP contribution in [0.3, 0.4) is 0 Å². The van der Waals surface area contributed by atoms with Gasteiger partial charge >= 0.3 is 0 Å². The fourth-order valence-corrected chi connectivity index (χ4v) is 3.37. The molecule has 19 heavy (non-hydrogen) atoms. The Labute approximate surface area is 124 Å². The molecule has 0 spiro atoms. The Morgan fingerprint density at radius 3 is 2.84 bits per heavy atom. The van der Waals surface area contributed by atoms with Crippen LogP contribution < -0.4 is 5.73 Å². The average molecular weight is 326 g/mol. The summed E-state index contributed by atoms with van der Waals surface area (Å²) in [5.74, 6) is 0.817. The molecule has 2 rings (SSSR count). The Bertz CT molecular complexity index is 422. The molecule has 4 heteroatoms. The van der Waals surface area contributed by atoms with Crippen molar-refractivity contribution in [3.63, 3.8) is 0 Å². The molecule has 0 saturated carbocycles. The van der Waals surface area contributed by atoms with Crippen molar-refractivity contribution in [1.29, 1.82) is 0 Å². The molecule has 1 unspecified atom stereocenters. The lowest BCUT2D eigenvalue weighted by Gasteiger charge is -2.21. The maximum absolute atomic E-state index is 5.66. The summed E-state index contributed by atoms with van der Waals surface area (Å²) in [6.45, 7) is 5.25. The summed E-state index contributed by atoms with van der Waals surface area (Å²) >= 11 is 3.65. The van der Waals surface area contributed by atoms with E-state index in [-0.39, 0.29) is 0 Å². The van der Waals surface area contributed by atoms with E-state index in [4.69, 9.17) is 5.73 Å². The van der Waals surface area contributed by atoms with Gasteiger partial charge in [0.25, 0.3) is 0 Å². The van der Waals surface area contributed by atoms with Crippen molar-refractivity contribution in [1.82, 2.24) is 9.80 Å². The minimum atomic E-state index is 0.600. The predicted octanol–water partition coefficient (Wildman–Crippen LogP) is 2.29. The third kappa shape index (κ3) is 4.28. The number of rotatable bonds is 5. The van der Waals surface area contributed by atoms with Crippen LogP contribution in [-0.2, 0) is 13.1 Å². The molecule has 1 aliphatic rings. The van der Waals surface area contributed by atoms with Crippen LogP contribution in [0.1, 0.15) is 17.5 Å². The minimum absolute atomic E-state index is 0.600. The van der Waals surface area contributed by atoms with E-state index in [1.165, 1.54) is 41.7 Å². The highest BCUT2D eigenvalue weighted by Gasteiger charge is 2.20. The number of likely N-dealkylation sites (tertiary alicyclic amines) is 1. The van der Waals surface area contributed by atoms with Gasteiger partial charge in [0.05, 0.1) is 0 Å². The first-order valence-electron chi connectivity index (χ1n) is 6.93. The van der Waals surface area contributed by atoms with Crippen molar-refractivity contribution in [3.05, 3.63) is 33.8 Å². The quantitative estimate of drug-likeness (QED) is 0.901. The zero-order chi connectivity index (χ0) is 13.8. The molecule has 1 aromatic rings. The van der Waals surface area contributed by atoms with E-state index in [1.54, 1.807) is 0 Å². The highest BCUT2D eigenvalue weighted by atomic mass is 79.9. The summed E-state index contributed by atoms with van der Waals surface area (Å²) in [5, 5.41) is 0. The minimum Gasteiger partial charge on any atom is -0.326 e. The number of benzene rings is 1. The van der Waals surface area contributed by atoms with Gasteiger partial charge in [-0.2, -0.15) is 0 Å². The molecule has 0 amide bonds. The van der Waals surface area contributed by atoms with Gasteiger partial charge in [0.1, 0.15) is 0 Å². The van der Waals surface area contributed by atoms with Gasteiger partial charge < -0.3 is 15.5 Å². The normalized spacial score (nSPS) is 20.4. The fourth-order valence-electron chi connectivity index (χ4n) is 2.82. The zero-order valence-electron chi connectivity index (χ0n) is 11.9. The second-order valence-corrected chi connectivity index (χ2v) is 6.60. The summed E-state index contributed by atoms with van der Waals surface area (Å²) in [4.78, 5) is 4.84. The lowest BCUT2D eigenvalue weighted by atomic mass is 10.1. The van der Waals surface area contributed by atoms with E-state index in [2.05, 4.69) is 58.0 Å². The largest absolute Gasteiger partial charge is 0.326 e. The van der Waals surface area contributed by atoms with E-state index in [0.717, 1.165) is 12.5 Å². The van der Waals surface area contributed by atoms with Gasteiger partial charge in [0.15, 0.2) is 0 Å². The lowest BCUT2D eigenvalue weighted by Crippen LogP contribution is -2.27. The monoisotopic (exact) mass is 325 g/mol. The standard InChI is InChI=1S/C15H24BrN3/c1-18-6-5-13(9-18)10-19(2)11-14-4-3-12(8-17)7-15(14)16/h3-4,7,13H,5-6,8-11,17H2,1-2H3. The van der Waals surface area contributed by atoms with Crippen molar-refractivity contribution in [2.45, 2.75) is 19.5 Å². The lowest BCUT2D eigenvalue weighted by molar-refractivity contribution is 0.267. The zero-order valence-corrected chi connectivity index (χ0v) is 13.5. The fraction of sp³-hybridized carbons (Fsp3) is 0.600. The highest BCUT2D eigenvalue weighted by molar-refractivity contribution is 9.10. The molecule has 3 nitrogen and oxygen atoms in total. The topological polar surface area (TPSA) is 32.5 Å². The molecule has 0 bridgehead atoms. The second-order valence-electron chi connectivity index (χ2n) is 5.74. The summed E-state index contributed by atoms with van der Waals surface area (Å²) in [6, 6.07) is 6.44. The highest BCUT2D eigenvalue weighted by Crippen LogP contribution is 2.21. The van der Waals surface area contributed by atoms with Crippen LogP contribution >= 0.6 is 15.9 Å². The summed E-state index contributed by atoms with van der Waals surface area (Å²) in [7, 11) is 4.42. The Kier molecular flexibility index (Phi) is 5.39. The van der Waals surface area contributed by atoms with E-state index in [1.807, 2.05) is 0 Å². The molecule has 1 fully saturated rings. The van der Waals surface area contributed by atoms with Gasteiger partial charge in [-0.05, 0) is 50.2 Å². The number of nitrogens with zero attached hydrogens (tertiary/aromatic N) is 2. The van der Waals surface area contributed by atoms with Crippen LogP contribution in [0.4, 0.5) is 0 Å². The number of nitrogens with two attached hydrogens (primary N) is 1. The average Bonchev–Trinajstić information content (AvgIpc) is 2.77. The molecule has 106 valence electrons. The van der Waals surface area contributed by atoms with Crippen molar-refractivity contribution in [3.8, 4) is 0 Å². The molecular weight excluding hydrogens is 302 g/mol. The first-order valence-corrected chi connectivity index (χ1v) is 7.72. The van der Waals surface area contributed by atoms with Gasteiger partial charge in [0, 0.05) is 30.7 Å². The van der Waals surface area contributed by atoms with Crippen LogP contribution in [-0.4, -0.2) is 43.5 Å². The van der Waals surface area contributed by atoms with Gasteiger partial charge in [0.2, 0.25) is 0 Å². The molecule has 1 aromatic carbocycles. The van der Waals surface area contributed by atoms with Crippen LogP contribution in [0.25, 0.3) is 0 Å². The second kappa shape index (κ2) is 6.84. The molecule has 1 atom stereocenters. The molecule has 0 aromatic heterocycles. The SMILES string of the molecule is CN1CCC(CN(C)Cc2ccc(CN)cc2Br)C1. The maximum atomic E-state index is 5.66. The van der Waals surface area contributed by atoms with Crippen LogP contribution in [0.2, 0.25) is 0 Å².